The van der Waals surface area contributed by atoms with Gasteiger partial charge in [0.05, 0.1) is 25.2 Å². The number of imide groups is 1. The van der Waals surface area contributed by atoms with Crippen LogP contribution >= 0.6 is 23.2 Å². The van der Waals surface area contributed by atoms with Crippen LogP contribution in [0.4, 0.5) is 0 Å². The minimum Gasteiger partial charge on any atom is -0.493 e. The van der Waals surface area contributed by atoms with Gasteiger partial charge < -0.3 is 9.47 Å². The average Bonchev–Trinajstić information content (AvgIpc) is 3.43. The van der Waals surface area contributed by atoms with Crippen molar-refractivity contribution in [3.63, 3.8) is 0 Å². The Balaban J connectivity index is 1.17. The molecule has 1 saturated heterocycles. The van der Waals surface area contributed by atoms with E-state index in [4.69, 9.17) is 32.7 Å². The van der Waals surface area contributed by atoms with Crippen molar-refractivity contribution in [2.75, 3.05) is 7.11 Å². The monoisotopic (exact) mass is 496 g/mol. The molecule has 174 valence electrons. The minimum absolute atomic E-state index is 0.176. The van der Waals surface area contributed by atoms with E-state index in [-0.39, 0.29) is 47.5 Å². The van der Waals surface area contributed by atoms with Crippen LogP contribution in [0, 0.1) is 29.1 Å². The molecule has 2 saturated carbocycles. The molecule has 0 unspecified atom stereocenters. The predicted octanol–water partition coefficient (Wildman–Crippen LogP) is 5.11. The molecule has 2 amide bonds. The van der Waals surface area contributed by atoms with Gasteiger partial charge >= 0.3 is 0 Å². The van der Waals surface area contributed by atoms with E-state index in [9.17, 15) is 9.59 Å². The number of benzene rings is 2. The van der Waals surface area contributed by atoms with Gasteiger partial charge in [-0.2, -0.15) is 10.1 Å². The summed E-state index contributed by atoms with van der Waals surface area (Å²) < 4.78 is 11.4. The fourth-order valence-corrected chi connectivity index (χ4v) is 6.44. The van der Waals surface area contributed by atoms with Crippen molar-refractivity contribution in [3.8, 4) is 11.5 Å². The molecule has 8 heteroatoms. The van der Waals surface area contributed by atoms with Gasteiger partial charge in [0.1, 0.15) is 6.61 Å². The van der Waals surface area contributed by atoms with E-state index in [1.54, 1.807) is 37.4 Å². The first kappa shape index (κ1) is 21.7. The number of halogens is 2. The summed E-state index contributed by atoms with van der Waals surface area (Å²) in [5.41, 5.74) is 1.66. The van der Waals surface area contributed by atoms with E-state index in [2.05, 4.69) is 17.3 Å². The summed E-state index contributed by atoms with van der Waals surface area (Å²) in [4.78, 5) is 26.1. The first-order valence-electron chi connectivity index (χ1n) is 11.3. The Bertz CT molecular complexity index is 1240. The standard InChI is InChI=1S/C26H22Cl2N2O4/c1-33-21-10-14(2-7-20(21)34-13-15-3-4-16(27)11-19(15)28)12-29-30-24(31)22-17-5-6-18(23(22)25(30)32)26(17)8-9-26/h2-7,10-12,17-18,22-23H,8-9,13H2,1H3/b29-12-/t17-,18-,22-,23-/m1/s1. The van der Waals surface area contributed by atoms with Crippen LogP contribution in [0.2, 0.25) is 10.0 Å². The van der Waals surface area contributed by atoms with E-state index < -0.39 is 0 Å². The maximum atomic E-state index is 13.1. The number of hydrogen-bond donors (Lipinski definition) is 0. The lowest BCUT2D eigenvalue weighted by molar-refractivity contribution is -0.141. The van der Waals surface area contributed by atoms with E-state index in [0.717, 1.165) is 23.4 Å². The van der Waals surface area contributed by atoms with E-state index in [0.29, 0.717) is 27.1 Å². The number of nitrogens with zero attached hydrogens (tertiary/aromatic N) is 2. The lowest BCUT2D eigenvalue weighted by Crippen LogP contribution is -2.30. The molecular formula is C26H22Cl2N2O4. The molecule has 1 aliphatic heterocycles. The Hall–Kier alpha value is -2.83. The van der Waals surface area contributed by atoms with Crippen molar-refractivity contribution in [1.82, 2.24) is 5.01 Å². The van der Waals surface area contributed by atoms with Gasteiger partial charge in [-0.1, -0.05) is 41.4 Å². The SMILES string of the molecule is COc1cc(/C=N\N2C(=O)[C@H]3[C@H](C2=O)[C@H]2C=C[C@H]3C23CC3)ccc1OCc1ccc(Cl)cc1Cl. The summed E-state index contributed by atoms with van der Waals surface area (Å²) in [5, 5.41) is 6.43. The number of rotatable bonds is 6. The van der Waals surface area contributed by atoms with Crippen molar-refractivity contribution < 1.29 is 19.1 Å². The summed E-state index contributed by atoms with van der Waals surface area (Å²) in [5.74, 6) is 0.532. The number of carbonyl (C=O) groups is 2. The molecule has 0 aromatic heterocycles. The molecule has 2 aromatic rings. The van der Waals surface area contributed by atoms with Crippen molar-refractivity contribution in [1.29, 1.82) is 0 Å². The van der Waals surface area contributed by atoms with Crippen LogP contribution in [-0.4, -0.2) is 30.1 Å². The van der Waals surface area contributed by atoms with Gasteiger partial charge in [0.25, 0.3) is 11.8 Å². The molecule has 1 heterocycles. The summed E-state index contributed by atoms with van der Waals surface area (Å²) in [6, 6.07) is 10.5. The van der Waals surface area contributed by atoms with Gasteiger partial charge in [-0.3, -0.25) is 9.59 Å². The fourth-order valence-electron chi connectivity index (χ4n) is 5.98. The third kappa shape index (κ3) is 3.19. The second-order valence-electron chi connectivity index (χ2n) is 9.39. The molecule has 2 bridgehead atoms. The van der Waals surface area contributed by atoms with Gasteiger partial charge in [0.2, 0.25) is 0 Å². The first-order valence-corrected chi connectivity index (χ1v) is 12.0. The molecule has 4 atom stereocenters. The van der Waals surface area contributed by atoms with Crippen LogP contribution < -0.4 is 9.47 Å². The number of fused-ring (bicyclic) bond motifs is 3. The molecule has 6 nitrogen and oxygen atoms in total. The summed E-state index contributed by atoms with van der Waals surface area (Å²) >= 11 is 12.2. The minimum atomic E-state index is -0.257. The molecule has 2 aromatic carbocycles. The Morgan fingerprint density at radius 1 is 1.03 bits per heavy atom. The second-order valence-corrected chi connectivity index (χ2v) is 10.2. The highest BCUT2D eigenvalue weighted by Crippen LogP contribution is 2.73. The lowest BCUT2D eigenvalue weighted by atomic mass is 9.85. The van der Waals surface area contributed by atoms with E-state index >= 15 is 0 Å². The van der Waals surface area contributed by atoms with Gasteiger partial charge in [0.15, 0.2) is 11.5 Å². The zero-order valence-electron chi connectivity index (χ0n) is 18.4. The summed E-state index contributed by atoms with van der Waals surface area (Å²) in [6.45, 7) is 0.247. The normalized spacial score (nSPS) is 27.8. The zero-order valence-corrected chi connectivity index (χ0v) is 19.9. The Labute approximate surface area is 207 Å². The van der Waals surface area contributed by atoms with E-state index in [1.807, 2.05) is 6.07 Å². The zero-order chi connectivity index (χ0) is 23.6. The number of hydrogen-bond acceptors (Lipinski definition) is 5. The highest BCUT2D eigenvalue weighted by atomic mass is 35.5. The van der Waals surface area contributed by atoms with Crippen LogP contribution in [0.25, 0.3) is 0 Å². The molecule has 0 N–H and O–H groups in total. The summed E-state index contributed by atoms with van der Waals surface area (Å²) in [6.07, 6.45) is 8.05. The highest BCUT2D eigenvalue weighted by Gasteiger charge is 2.73. The van der Waals surface area contributed by atoms with Crippen LogP contribution in [0.5, 0.6) is 11.5 Å². The van der Waals surface area contributed by atoms with E-state index in [1.165, 1.54) is 6.21 Å². The van der Waals surface area contributed by atoms with Crippen LogP contribution in [0.15, 0.2) is 53.7 Å². The Morgan fingerprint density at radius 2 is 1.74 bits per heavy atom. The van der Waals surface area contributed by atoms with Gasteiger partial charge in [-0.05, 0) is 66.0 Å². The number of amides is 2. The Kier molecular flexibility index (Phi) is 5.01. The predicted molar refractivity (Wildman–Crippen MR) is 128 cm³/mol. The lowest BCUT2D eigenvalue weighted by Gasteiger charge is -2.18. The smallest absolute Gasteiger partial charge is 0.254 e. The van der Waals surface area contributed by atoms with Crippen LogP contribution in [0.1, 0.15) is 24.0 Å². The first-order chi connectivity index (χ1) is 16.4. The molecule has 3 aliphatic carbocycles. The maximum absolute atomic E-state index is 13.1. The number of carbonyl (C=O) groups excluding carboxylic acids is 2. The van der Waals surface area contributed by atoms with Crippen molar-refractivity contribution in [2.24, 2.45) is 34.2 Å². The molecule has 0 radical (unpaired) electrons. The average molecular weight is 497 g/mol. The van der Waals surface area contributed by atoms with Crippen molar-refractivity contribution in [3.05, 3.63) is 69.7 Å². The molecule has 3 fully saturated rings. The second kappa shape index (κ2) is 7.85. The molecular weight excluding hydrogens is 475 g/mol. The largest absolute Gasteiger partial charge is 0.493 e. The quantitative estimate of drug-likeness (QED) is 0.316. The number of hydrazone groups is 1. The van der Waals surface area contributed by atoms with Gasteiger partial charge in [-0.15, -0.1) is 0 Å². The van der Waals surface area contributed by atoms with Crippen molar-refractivity contribution in [2.45, 2.75) is 19.4 Å². The molecule has 4 aliphatic rings. The number of ether oxygens (including phenoxy) is 2. The topological polar surface area (TPSA) is 68.2 Å². The Morgan fingerprint density at radius 3 is 2.35 bits per heavy atom. The third-order valence-corrected chi connectivity index (χ3v) is 8.32. The molecule has 1 spiro atoms. The molecule has 34 heavy (non-hydrogen) atoms. The van der Waals surface area contributed by atoms with Crippen molar-refractivity contribution >= 4 is 41.2 Å². The van der Waals surface area contributed by atoms with Crippen LogP contribution in [0.3, 0.4) is 0 Å². The summed E-state index contributed by atoms with van der Waals surface area (Å²) in [7, 11) is 1.55. The van der Waals surface area contributed by atoms with Gasteiger partial charge in [-0.25, -0.2) is 0 Å². The third-order valence-electron chi connectivity index (χ3n) is 7.74. The highest BCUT2D eigenvalue weighted by molar-refractivity contribution is 6.35. The fraction of sp³-hybridized carbons (Fsp3) is 0.346. The molecule has 6 rings (SSSR count). The van der Waals surface area contributed by atoms with Crippen LogP contribution in [-0.2, 0) is 16.2 Å². The number of methoxy groups -OCH3 is 1. The van der Waals surface area contributed by atoms with Gasteiger partial charge in [0, 0.05) is 15.6 Å². The number of allylic oxidation sites excluding steroid dienone is 2. The maximum Gasteiger partial charge on any atom is 0.254 e.